The molecular weight excluding hydrogens is 400 g/mol. The predicted octanol–water partition coefficient (Wildman–Crippen LogP) is 5.15. The second-order valence-electron chi connectivity index (χ2n) is 7.86. The predicted molar refractivity (Wildman–Crippen MR) is 131 cm³/mol. The zero-order valence-electron chi connectivity index (χ0n) is 20.0. The molecule has 1 fully saturated rings. The van der Waals surface area contributed by atoms with Gasteiger partial charge in [-0.05, 0) is 62.9 Å². The highest BCUT2D eigenvalue weighted by molar-refractivity contribution is 5.96. The number of carbonyl (C=O) groups excluding carboxylic acids is 1. The molecule has 1 amide bonds. The molecule has 5 heteroatoms. The molecule has 1 N–H and O–H groups in total. The number of amides is 1. The van der Waals surface area contributed by atoms with Gasteiger partial charge in [0.1, 0.15) is 17.1 Å². The SMILES string of the molecule is CC.CCN(CC)C(=O)c1ccc(C2=CC3(CCNCC3)Oc3ccccc32)c(OC)c1. The topological polar surface area (TPSA) is 50.8 Å². The van der Waals surface area contributed by atoms with E-state index in [4.69, 9.17) is 9.47 Å². The summed E-state index contributed by atoms with van der Waals surface area (Å²) >= 11 is 0. The van der Waals surface area contributed by atoms with Crippen molar-refractivity contribution in [1.82, 2.24) is 10.2 Å². The Morgan fingerprint density at radius 3 is 2.41 bits per heavy atom. The molecule has 2 heterocycles. The smallest absolute Gasteiger partial charge is 0.253 e. The fourth-order valence-corrected chi connectivity index (χ4v) is 4.43. The van der Waals surface area contributed by atoms with Gasteiger partial charge in [0.25, 0.3) is 5.91 Å². The Hall–Kier alpha value is -2.79. The summed E-state index contributed by atoms with van der Waals surface area (Å²) in [6.07, 6.45) is 4.11. The summed E-state index contributed by atoms with van der Waals surface area (Å²) in [5.41, 5.74) is 3.50. The number of rotatable bonds is 5. The van der Waals surface area contributed by atoms with Crippen LogP contribution in [0.15, 0.2) is 48.5 Å². The maximum absolute atomic E-state index is 12.8. The van der Waals surface area contributed by atoms with Crippen LogP contribution < -0.4 is 14.8 Å². The van der Waals surface area contributed by atoms with E-state index in [0.29, 0.717) is 24.4 Å². The van der Waals surface area contributed by atoms with Crippen LogP contribution in [0.5, 0.6) is 11.5 Å². The number of hydrogen-bond acceptors (Lipinski definition) is 4. The number of methoxy groups -OCH3 is 1. The fourth-order valence-electron chi connectivity index (χ4n) is 4.43. The number of para-hydroxylation sites is 1. The van der Waals surface area contributed by atoms with E-state index in [1.54, 1.807) is 7.11 Å². The molecule has 172 valence electrons. The van der Waals surface area contributed by atoms with Crippen molar-refractivity contribution < 1.29 is 14.3 Å². The zero-order valence-corrected chi connectivity index (χ0v) is 20.0. The summed E-state index contributed by atoms with van der Waals surface area (Å²) < 4.78 is 12.3. The highest BCUT2D eigenvalue weighted by atomic mass is 16.5. The van der Waals surface area contributed by atoms with E-state index < -0.39 is 0 Å². The van der Waals surface area contributed by atoms with Crippen molar-refractivity contribution in [2.75, 3.05) is 33.3 Å². The van der Waals surface area contributed by atoms with E-state index in [9.17, 15) is 4.79 Å². The van der Waals surface area contributed by atoms with Crippen molar-refractivity contribution in [3.05, 3.63) is 65.2 Å². The number of ether oxygens (including phenoxy) is 2. The summed E-state index contributed by atoms with van der Waals surface area (Å²) in [6, 6.07) is 14.0. The highest BCUT2D eigenvalue weighted by Gasteiger charge is 2.37. The lowest BCUT2D eigenvalue weighted by Gasteiger charge is -2.40. The van der Waals surface area contributed by atoms with Crippen LogP contribution in [0.4, 0.5) is 0 Å². The van der Waals surface area contributed by atoms with Gasteiger partial charge >= 0.3 is 0 Å². The normalized spacial score (nSPS) is 16.1. The molecule has 0 bridgehead atoms. The quantitative estimate of drug-likeness (QED) is 0.704. The molecule has 2 aliphatic rings. The first-order chi connectivity index (χ1) is 15.6. The van der Waals surface area contributed by atoms with Gasteiger partial charge < -0.3 is 19.7 Å². The molecule has 0 unspecified atom stereocenters. The van der Waals surface area contributed by atoms with Crippen LogP contribution >= 0.6 is 0 Å². The van der Waals surface area contributed by atoms with Crippen LogP contribution in [-0.4, -0.2) is 49.7 Å². The Kier molecular flexibility index (Phi) is 7.97. The van der Waals surface area contributed by atoms with Crippen LogP contribution in [0, 0.1) is 0 Å². The van der Waals surface area contributed by atoms with E-state index in [0.717, 1.165) is 48.4 Å². The van der Waals surface area contributed by atoms with Crippen LogP contribution in [-0.2, 0) is 0 Å². The van der Waals surface area contributed by atoms with Crippen LogP contribution in [0.3, 0.4) is 0 Å². The fraction of sp³-hybridized carbons (Fsp3) is 0.444. The number of nitrogens with zero attached hydrogens (tertiary/aromatic N) is 1. The van der Waals surface area contributed by atoms with E-state index in [-0.39, 0.29) is 11.5 Å². The minimum Gasteiger partial charge on any atom is -0.496 e. The maximum atomic E-state index is 12.8. The molecule has 0 aliphatic carbocycles. The molecule has 1 spiro atoms. The van der Waals surface area contributed by atoms with Crippen molar-refractivity contribution in [1.29, 1.82) is 0 Å². The molecule has 2 aliphatic heterocycles. The molecule has 4 rings (SSSR count). The summed E-state index contributed by atoms with van der Waals surface area (Å²) in [6.45, 7) is 11.2. The van der Waals surface area contributed by atoms with Gasteiger partial charge in [-0.25, -0.2) is 0 Å². The van der Waals surface area contributed by atoms with Gasteiger partial charge in [0.2, 0.25) is 0 Å². The number of benzene rings is 2. The standard InChI is InChI=1S/C25H30N2O3.C2H6/c1-4-27(5-2)24(28)18-10-11-20(23(16-18)29-3)21-17-25(12-14-26-15-13-25)30-22-9-7-6-8-19(21)22;1-2/h6-11,16-17,26H,4-5,12-15H2,1-3H3;1-2H3. The van der Waals surface area contributed by atoms with Crippen molar-refractivity contribution in [3.63, 3.8) is 0 Å². The molecular formula is C27H36N2O3. The van der Waals surface area contributed by atoms with Gasteiger partial charge in [0.15, 0.2) is 0 Å². The Labute approximate surface area is 192 Å². The Balaban J connectivity index is 0.00000141. The molecule has 5 nitrogen and oxygen atoms in total. The van der Waals surface area contributed by atoms with Gasteiger partial charge in [0, 0.05) is 42.6 Å². The van der Waals surface area contributed by atoms with E-state index in [1.165, 1.54) is 0 Å². The summed E-state index contributed by atoms with van der Waals surface area (Å²) in [5, 5.41) is 3.42. The largest absolute Gasteiger partial charge is 0.496 e. The third-order valence-corrected chi connectivity index (χ3v) is 6.14. The lowest BCUT2D eigenvalue weighted by Crippen LogP contribution is -2.46. The Morgan fingerprint density at radius 1 is 1.06 bits per heavy atom. The molecule has 0 atom stereocenters. The molecule has 2 aromatic carbocycles. The third-order valence-electron chi connectivity index (χ3n) is 6.14. The Morgan fingerprint density at radius 2 is 1.75 bits per heavy atom. The molecule has 32 heavy (non-hydrogen) atoms. The average Bonchev–Trinajstić information content (AvgIpc) is 2.85. The van der Waals surface area contributed by atoms with Gasteiger partial charge in [-0.3, -0.25) is 4.79 Å². The third kappa shape index (κ3) is 4.68. The zero-order chi connectivity index (χ0) is 23.1. The first-order valence-electron chi connectivity index (χ1n) is 11.8. The van der Waals surface area contributed by atoms with Crippen molar-refractivity contribution in [2.24, 2.45) is 0 Å². The monoisotopic (exact) mass is 436 g/mol. The van der Waals surface area contributed by atoms with E-state index in [2.05, 4.69) is 17.5 Å². The minimum absolute atomic E-state index is 0.0287. The molecule has 0 aromatic heterocycles. The first-order valence-corrected chi connectivity index (χ1v) is 11.8. The maximum Gasteiger partial charge on any atom is 0.253 e. The molecule has 0 saturated carbocycles. The van der Waals surface area contributed by atoms with Crippen LogP contribution in [0.1, 0.15) is 62.0 Å². The number of fused-ring (bicyclic) bond motifs is 1. The van der Waals surface area contributed by atoms with E-state index >= 15 is 0 Å². The first kappa shape index (κ1) is 23.9. The second kappa shape index (κ2) is 10.7. The summed E-state index contributed by atoms with van der Waals surface area (Å²) in [5.74, 6) is 1.64. The Bertz CT molecular complexity index is 957. The molecule has 1 saturated heterocycles. The molecule has 2 aromatic rings. The second-order valence-corrected chi connectivity index (χ2v) is 7.86. The highest BCUT2D eigenvalue weighted by Crippen LogP contribution is 2.44. The summed E-state index contributed by atoms with van der Waals surface area (Å²) in [4.78, 5) is 14.7. The van der Waals surface area contributed by atoms with Gasteiger partial charge in [-0.2, -0.15) is 0 Å². The van der Waals surface area contributed by atoms with Crippen molar-refractivity contribution >= 4 is 11.5 Å². The molecule has 0 radical (unpaired) electrons. The number of hydrogen-bond donors (Lipinski definition) is 1. The number of carbonyl (C=O) groups is 1. The number of piperidine rings is 1. The average molecular weight is 437 g/mol. The minimum atomic E-state index is -0.310. The lowest BCUT2D eigenvalue weighted by atomic mass is 9.83. The van der Waals surface area contributed by atoms with Gasteiger partial charge in [-0.15, -0.1) is 0 Å². The van der Waals surface area contributed by atoms with Crippen molar-refractivity contribution in [3.8, 4) is 11.5 Å². The number of nitrogens with one attached hydrogen (secondary N) is 1. The van der Waals surface area contributed by atoms with E-state index in [1.807, 2.05) is 69.0 Å². The lowest BCUT2D eigenvalue weighted by molar-refractivity contribution is 0.0772. The van der Waals surface area contributed by atoms with Crippen LogP contribution in [0.25, 0.3) is 5.57 Å². The summed E-state index contributed by atoms with van der Waals surface area (Å²) in [7, 11) is 1.66. The van der Waals surface area contributed by atoms with Crippen molar-refractivity contribution in [2.45, 2.75) is 46.1 Å². The van der Waals surface area contributed by atoms with Crippen LogP contribution in [0.2, 0.25) is 0 Å². The van der Waals surface area contributed by atoms with Gasteiger partial charge in [0.05, 0.1) is 7.11 Å². The van der Waals surface area contributed by atoms with Gasteiger partial charge in [-0.1, -0.05) is 32.0 Å².